The van der Waals surface area contributed by atoms with Crippen LogP contribution < -0.4 is 10.2 Å². The van der Waals surface area contributed by atoms with Crippen LogP contribution in [0.15, 0.2) is 18.5 Å². The highest BCUT2D eigenvalue weighted by Gasteiger charge is 2.31. The smallest absolute Gasteiger partial charge is 0.225 e. The van der Waals surface area contributed by atoms with E-state index < -0.39 is 0 Å². The van der Waals surface area contributed by atoms with E-state index >= 15 is 0 Å². The molecule has 0 aromatic carbocycles. The molecule has 0 aliphatic carbocycles. The summed E-state index contributed by atoms with van der Waals surface area (Å²) in [5.41, 5.74) is -0.0592. The maximum Gasteiger partial charge on any atom is 0.225 e. The van der Waals surface area contributed by atoms with Crippen molar-refractivity contribution in [2.75, 3.05) is 50.8 Å². The van der Waals surface area contributed by atoms with Crippen LogP contribution in [0.25, 0.3) is 0 Å². The lowest BCUT2D eigenvalue weighted by Gasteiger charge is -2.41. The number of hydrogen-bond donors (Lipinski definition) is 1. The minimum absolute atomic E-state index is 0.00181. The summed E-state index contributed by atoms with van der Waals surface area (Å²) in [4.78, 5) is 25.8. The molecule has 1 aromatic heterocycles. The van der Waals surface area contributed by atoms with Gasteiger partial charge in [-0.1, -0.05) is 0 Å². The third-order valence-corrected chi connectivity index (χ3v) is 5.19. The van der Waals surface area contributed by atoms with Crippen LogP contribution in [0.5, 0.6) is 0 Å². The fraction of sp³-hybridized carbons (Fsp3) is 0.722. The summed E-state index contributed by atoms with van der Waals surface area (Å²) in [6, 6.07) is 1.81. The largest absolute Gasteiger partial charge is 0.379 e. The number of carbonyl (C=O) groups excluding carboxylic acids is 1. The molecule has 1 unspecified atom stereocenters. The molecule has 3 heterocycles. The summed E-state index contributed by atoms with van der Waals surface area (Å²) in [7, 11) is 0. The van der Waals surface area contributed by atoms with Gasteiger partial charge in [-0.25, -0.2) is 9.97 Å². The van der Waals surface area contributed by atoms with Crippen molar-refractivity contribution in [3.63, 3.8) is 0 Å². The van der Waals surface area contributed by atoms with Crippen molar-refractivity contribution in [1.29, 1.82) is 0 Å². The molecule has 25 heavy (non-hydrogen) atoms. The van der Waals surface area contributed by atoms with Crippen molar-refractivity contribution in [2.45, 2.75) is 32.2 Å². The Bertz CT molecular complexity index is 560. The second-order valence-electron chi connectivity index (χ2n) is 7.46. The monoisotopic (exact) mass is 347 g/mol. The van der Waals surface area contributed by atoms with E-state index in [0.717, 1.165) is 45.7 Å². The van der Waals surface area contributed by atoms with Crippen LogP contribution in [0.2, 0.25) is 0 Å². The molecule has 0 saturated carbocycles. The van der Waals surface area contributed by atoms with Crippen LogP contribution >= 0.6 is 0 Å². The number of hydrogen-bond acceptors (Lipinski definition) is 6. The van der Waals surface area contributed by atoms with Crippen LogP contribution in [-0.4, -0.2) is 72.3 Å². The molecule has 138 valence electrons. The lowest BCUT2D eigenvalue weighted by Crippen LogP contribution is -2.56. The molecule has 2 aliphatic rings. The zero-order valence-electron chi connectivity index (χ0n) is 15.3. The fourth-order valence-electron chi connectivity index (χ4n) is 3.56. The van der Waals surface area contributed by atoms with Gasteiger partial charge in [0.2, 0.25) is 11.9 Å². The van der Waals surface area contributed by atoms with E-state index in [2.05, 4.69) is 38.9 Å². The number of anilines is 1. The number of ether oxygens (including phenoxy) is 1. The third-order valence-electron chi connectivity index (χ3n) is 5.19. The van der Waals surface area contributed by atoms with E-state index in [9.17, 15) is 4.79 Å². The van der Waals surface area contributed by atoms with Gasteiger partial charge in [-0.05, 0) is 32.8 Å². The molecule has 7 nitrogen and oxygen atoms in total. The Morgan fingerprint density at radius 1 is 1.28 bits per heavy atom. The summed E-state index contributed by atoms with van der Waals surface area (Å²) >= 11 is 0. The zero-order valence-corrected chi connectivity index (χ0v) is 15.3. The van der Waals surface area contributed by atoms with Crippen molar-refractivity contribution in [3.05, 3.63) is 18.5 Å². The molecule has 3 rings (SSSR count). The molecule has 1 N–H and O–H groups in total. The molecule has 1 amide bonds. The van der Waals surface area contributed by atoms with Crippen molar-refractivity contribution in [2.24, 2.45) is 5.92 Å². The van der Waals surface area contributed by atoms with Gasteiger partial charge in [-0.2, -0.15) is 0 Å². The van der Waals surface area contributed by atoms with E-state index in [4.69, 9.17) is 4.74 Å². The van der Waals surface area contributed by atoms with E-state index in [1.54, 1.807) is 12.4 Å². The van der Waals surface area contributed by atoms with Crippen LogP contribution in [0.4, 0.5) is 5.95 Å². The maximum absolute atomic E-state index is 12.7. The van der Waals surface area contributed by atoms with Crippen molar-refractivity contribution in [3.8, 4) is 0 Å². The number of piperidine rings is 1. The highest BCUT2D eigenvalue weighted by molar-refractivity contribution is 5.79. The fourth-order valence-corrected chi connectivity index (χ4v) is 3.56. The van der Waals surface area contributed by atoms with Crippen molar-refractivity contribution in [1.82, 2.24) is 20.2 Å². The van der Waals surface area contributed by atoms with Gasteiger partial charge in [0, 0.05) is 50.7 Å². The van der Waals surface area contributed by atoms with Crippen LogP contribution in [-0.2, 0) is 9.53 Å². The predicted octanol–water partition coefficient (Wildman–Crippen LogP) is 0.920. The first-order valence-electron chi connectivity index (χ1n) is 9.19. The molecule has 7 heteroatoms. The first-order valence-corrected chi connectivity index (χ1v) is 9.19. The van der Waals surface area contributed by atoms with E-state index in [1.807, 2.05) is 6.07 Å². The predicted molar refractivity (Wildman–Crippen MR) is 96.4 cm³/mol. The zero-order chi connectivity index (χ0) is 17.7. The number of carbonyl (C=O) groups is 1. The van der Waals surface area contributed by atoms with Crippen LogP contribution in [0, 0.1) is 5.92 Å². The molecule has 2 saturated heterocycles. The number of morpholine rings is 1. The van der Waals surface area contributed by atoms with E-state index in [-0.39, 0.29) is 17.4 Å². The van der Waals surface area contributed by atoms with Gasteiger partial charge < -0.3 is 15.0 Å². The molecule has 1 atom stereocenters. The average Bonchev–Trinajstić information content (AvgIpc) is 2.68. The molecule has 0 bridgehead atoms. The quantitative estimate of drug-likeness (QED) is 0.854. The van der Waals surface area contributed by atoms with E-state index in [1.165, 1.54) is 0 Å². The lowest BCUT2D eigenvalue weighted by atomic mass is 9.96. The Hall–Kier alpha value is -1.73. The van der Waals surface area contributed by atoms with Gasteiger partial charge in [0.05, 0.1) is 19.1 Å². The normalized spacial score (nSPS) is 22.6. The summed E-state index contributed by atoms with van der Waals surface area (Å²) < 4.78 is 5.42. The number of amides is 1. The summed E-state index contributed by atoms with van der Waals surface area (Å²) in [6.07, 6.45) is 5.41. The summed E-state index contributed by atoms with van der Waals surface area (Å²) in [5, 5.41) is 3.17. The molecule has 0 radical (unpaired) electrons. The Morgan fingerprint density at radius 2 is 2.00 bits per heavy atom. The highest BCUT2D eigenvalue weighted by Crippen LogP contribution is 2.21. The van der Waals surface area contributed by atoms with Gasteiger partial charge in [0.25, 0.3) is 0 Å². The lowest BCUT2D eigenvalue weighted by molar-refractivity contribution is -0.126. The number of rotatable bonds is 5. The van der Waals surface area contributed by atoms with Gasteiger partial charge in [-0.3, -0.25) is 9.69 Å². The molecular weight excluding hydrogens is 318 g/mol. The Morgan fingerprint density at radius 3 is 2.72 bits per heavy atom. The van der Waals surface area contributed by atoms with Gasteiger partial charge in [0.1, 0.15) is 0 Å². The first kappa shape index (κ1) is 18.1. The second-order valence-corrected chi connectivity index (χ2v) is 7.46. The SMILES string of the molecule is CC(C)(CNC(=O)C1CCCN(c2ncccn2)C1)N1CCOCC1. The second kappa shape index (κ2) is 8.10. The number of aromatic nitrogens is 2. The van der Waals surface area contributed by atoms with Crippen molar-refractivity contribution >= 4 is 11.9 Å². The van der Waals surface area contributed by atoms with Gasteiger partial charge in [-0.15, -0.1) is 0 Å². The topological polar surface area (TPSA) is 70.6 Å². The Kier molecular flexibility index (Phi) is 5.86. The standard InChI is InChI=1S/C18H29N5O2/c1-18(2,23-9-11-25-12-10-23)14-21-16(24)15-5-3-8-22(13-15)17-19-6-4-7-20-17/h4,6-7,15H,3,5,8-14H2,1-2H3,(H,21,24). The minimum Gasteiger partial charge on any atom is -0.379 e. The Balaban J connectivity index is 1.52. The number of nitrogens with zero attached hydrogens (tertiary/aromatic N) is 4. The Labute approximate surface area is 149 Å². The molecular formula is C18H29N5O2. The first-order chi connectivity index (χ1) is 12.1. The average molecular weight is 347 g/mol. The van der Waals surface area contributed by atoms with Crippen molar-refractivity contribution < 1.29 is 9.53 Å². The van der Waals surface area contributed by atoms with E-state index in [0.29, 0.717) is 19.0 Å². The van der Waals surface area contributed by atoms with Crippen LogP contribution in [0.3, 0.4) is 0 Å². The van der Waals surface area contributed by atoms with Crippen LogP contribution in [0.1, 0.15) is 26.7 Å². The summed E-state index contributed by atoms with van der Waals surface area (Å²) in [5.74, 6) is 0.855. The molecule has 1 aromatic rings. The van der Waals surface area contributed by atoms with Gasteiger partial charge >= 0.3 is 0 Å². The number of nitrogens with one attached hydrogen (secondary N) is 1. The molecule has 2 fully saturated rings. The summed E-state index contributed by atoms with van der Waals surface area (Å²) in [6.45, 7) is 10.0. The molecule has 0 spiro atoms. The maximum atomic E-state index is 12.7. The molecule has 2 aliphatic heterocycles. The highest BCUT2D eigenvalue weighted by atomic mass is 16.5. The van der Waals surface area contributed by atoms with Gasteiger partial charge in [0.15, 0.2) is 0 Å². The minimum atomic E-state index is -0.0592. The third kappa shape index (κ3) is 4.67.